The number of amides is 2. The van der Waals surface area contributed by atoms with Gasteiger partial charge in [0.2, 0.25) is 0 Å². The molecule has 6 nitrogen and oxygen atoms in total. The third kappa shape index (κ3) is 5.07. The maximum atomic E-state index is 12.1. The molecule has 7 heteroatoms. The van der Waals surface area contributed by atoms with Crippen LogP contribution in [-0.4, -0.2) is 28.4 Å². The molecule has 0 bridgehead atoms. The first kappa shape index (κ1) is 20.6. The van der Waals surface area contributed by atoms with Gasteiger partial charge in [0, 0.05) is 17.8 Å². The fraction of sp³-hybridized carbons (Fsp3) is 0.125. The topological polar surface area (TPSA) is 91.3 Å². The van der Waals surface area contributed by atoms with Crippen molar-refractivity contribution in [1.29, 1.82) is 0 Å². The lowest BCUT2D eigenvalue weighted by atomic mass is 10.1. The fourth-order valence-corrected chi connectivity index (χ4v) is 4.17. The van der Waals surface area contributed by atoms with E-state index >= 15 is 0 Å². The Kier molecular flexibility index (Phi) is 5.95. The van der Waals surface area contributed by atoms with Gasteiger partial charge < -0.3 is 15.7 Å². The van der Waals surface area contributed by atoms with Crippen molar-refractivity contribution >= 4 is 39.1 Å². The van der Waals surface area contributed by atoms with E-state index in [1.54, 1.807) is 47.7 Å². The van der Waals surface area contributed by atoms with Gasteiger partial charge in [0.25, 0.3) is 0 Å². The van der Waals surface area contributed by atoms with Gasteiger partial charge in [-0.05, 0) is 73.0 Å². The van der Waals surface area contributed by atoms with Crippen LogP contribution in [0.5, 0.6) is 5.75 Å². The highest BCUT2D eigenvalue weighted by Gasteiger charge is 2.13. The molecule has 0 unspecified atom stereocenters. The number of anilines is 1. The number of benzene rings is 3. The van der Waals surface area contributed by atoms with E-state index in [4.69, 9.17) is 0 Å². The highest BCUT2D eigenvalue weighted by Crippen LogP contribution is 2.31. The molecule has 2 amide bonds. The second kappa shape index (κ2) is 8.97. The van der Waals surface area contributed by atoms with Gasteiger partial charge in [-0.15, -0.1) is 11.3 Å². The minimum Gasteiger partial charge on any atom is -0.508 e. The molecule has 0 atom stereocenters. The first-order valence-corrected chi connectivity index (χ1v) is 10.6. The van der Waals surface area contributed by atoms with Crippen molar-refractivity contribution in [2.75, 3.05) is 11.9 Å². The Morgan fingerprint density at radius 2 is 1.71 bits per heavy atom. The van der Waals surface area contributed by atoms with Crippen molar-refractivity contribution in [2.45, 2.75) is 13.3 Å². The van der Waals surface area contributed by atoms with E-state index in [0.29, 0.717) is 18.7 Å². The Morgan fingerprint density at radius 3 is 2.45 bits per heavy atom. The summed E-state index contributed by atoms with van der Waals surface area (Å²) in [4.78, 5) is 28.8. The summed E-state index contributed by atoms with van der Waals surface area (Å²) in [5.74, 6) is -1.21. The first-order chi connectivity index (χ1) is 15.0. The zero-order chi connectivity index (χ0) is 21.8. The molecule has 0 aliphatic heterocycles. The van der Waals surface area contributed by atoms with E-state index in [2.05, 4.69) is 28.6 Å². The van der Waals surface area contributed by atoms with E-state index < -0.39 is 11.8 Å². The van der Waals surface area contributed by atoms with Gasteiger partial charge in [-0.1, -0.05) is 18.2 Å². The number of phenols is 1. The Balaban J connectivity index is 1.32. The number of phenolic OH excluding ortho intramolecular Hbond substituents is 1. The van der Waals surface area contributed by atoms with Crippen LogP contribution in [0.3, 0.4) is 0 Å². The van der Waals surface area contributed by atoms with Gasteiger partial charge in [-0.2, -0.15) is 0 Å². The summed E-state index contributed by atoms with van der Waals surface area (Å²) >= 11 is 1.62. The number of aromatic hydroxyl groups is 1. The summed E-state index contributed by atoms with van der Waals surface area (Å²) in [6, 6.07) is 20.2. The largest absolute Gasteiger partial charge is 0.508 e. The number of aromatic nitrogens is 1. The van der Waals surface area contributed by atoms with Crippen LogP contribution in [0.2, 0.25) is 0 Å². The second-order valence-electron chi connectivity index (χ2n) is 7.19. The predicted octanol–water partition coefficient (Wildman–Crippen LogP) is 4.27. The minimum atomic E-state index is -0.714. The van der Waals surface area contributed by atoms with Gasteiger partial charge in [-0.3, -0.25) is 9.59 Å². The number of carbonyl (C=O) groups excluding carboxylic acids is 2. The molecule has 3 N–H and O–H groups in total. The summed E-state index contributed by atoms with van der Waals surface area (Å²) in [5, 5.41) is 15.4. The SMILES string of the molecule is Cc1ccc2nc(-c3ccc(NC(=O)C(=O)NCCc4ccc(O)cc4)cc3)sc2c1. The van der Waals surface area contributed by atoms with Gasteiger partial charge in [0.15, 0.2) is 0 Å². The number of rotatable bonds is 5. The number of fused-ring (bicyclic) bond motifs is 1. The number of carbonyl (C=O) groups is 2. The molecule has 1 aromatic heterocycles. The summed E-state index contributed by atoms with van der Waals surface area (Å²) in [5.41, 5.74) is 4.61. The van der Waals surface area contributed by atoms with E-state index in [-0.39, 0.29) is 5.75 Å². The van der Waals surface area contributed by atoms with Crippen molar-refractivity contribution < 1.29 is 14.7 Å². The molecule has 0 saturated heterocycles. The average Bonchev–Trinajstić information content (AvgIpc) is 3.18. The van der Waals surface area contributed by atoms with Crippen LogP contribution in [0.1, 0.15) is 11.1 Å². The second-order valence-corrected chi connectivity index (χ2v) is 8.22. The summed E-state index contributed by atoms with van der Waals surface area (Å²) in [7, 11) is 0. The molecule has 0 saturated carbocycles. The maximum absolute atomic E-state index is 12.1. The molecule has 0 aliphatic rings. The van der Waals surface area contributed by atoms with Crippen molar-refractivity contribution in [1.82, 2.24) is 10.3 Å². The normalized spacial score (nSPS) is 10.7. The number of thiazole rings is 1. The van der Waals surface area contributed by atoms with Crippen molar-refractivity contribution in [3.63, 3.8) is 0 Å². The molecule has 156 valence electrons. The standard InChI is InChI=1S/C24H21N3O3S/c1-15-2-11-20-21(14-15)31-24(27-20)17-5-7-18(8-6-17)26-23(30)22(29)25-13-12-16-3-9-19(28)10-4-16/h2-11,14,28H,12-13H2,1H3,(H,25,29)(H,26,30). The van der Waals surface area contributed by atoms with Crippen molar-refractivity contribution in [2.24, 2.45) is 0 Å². The van der Waals surface area contributed by atoms with Crippen molar-refractivity contribution in [3.8, 4) is 16.3 Å². The first-order valence-electron chi connectivity index (χ1n) is 9.83. The lowest BCUT2D eigenvalue weighted by molar-refractivity contribution is -0.136. The molecule has 4 aromatic rings. The third-order valence-electron chi connectivity index (χ3n) is 4.78. The molecule has 0 spiro atoms. The number of nitrogens with zero attached hydrogens (tertiary/aromatic N) is 1. The van der Waals surface area contributed by atoms with Crippen LogP contribution >= 0.6 is 11.3 Å². The Labute approximate surface area is 183 Å². The molecular formula is C24H21N3O3S. The monoisotopic (exact) mass is 431 g/mol. The van der Waals surface area contributed by atoms with Crippen LogP contribution in [0, 0.1) is 6.92 Å². The minimum absolute atomic E-state index is 0.191. The van der Waals surface area contributed by atoms with Gasteiger partial charge >= 0.3 is 11.8 Å². The highest BCUT2D eigenvalue weighted by molar-refractivity contribution is 7.21. The Morgan fingerprint density at radius 1 is 0.968 bits per heavy atom. The van der Waals surface area contributed by atoms with E-state index in [1.165, 1.54) is 5.56 Å². The summed E-state index contributed by atoms with van der Waals surface area (Å²) < 4.78 is 1.14. The third-order valence-corrected chi connectivity index (χ3v) is 5.84. The highest BCUT2D eigenvalue weighted by atomic mass is 32.1. The van der Waals surface area contributed by atoms with Crippen LogP contribution in [0.15, 0.2) is 66.7 Å². The zero-order valence-corrected chi connectivity index (χ0v) is 17.7. The van der Waals surface area contributed by atoms with Gasteiger partial charge in [0.1, 0.15) is 10.8 Å². The fourth-order valence-electron chi connectivity index (χ4n) is 3.10. The van der Waals surface area contributed by atoms with Gasteiger partial charge in [-0.25, -0.2) is 4.98 Å². The van der Waals surface area contributed by atoms with Gasteiger partial charge in [0.05, 0.1) is 10.2 Å². The summed E-state index contributed by atoms with van der Waals surface area (Å²) in [6.07, 6.45) is 0.565. The van der Waals surface area contributed by atoms with E-state index in [0.717, 1.165) is 26.4 Å². The molecule has 3 aromatic carbocycles. The number of hydrogen-bond donors (Lipinski definition) is 3. The van der Waals surface area contributed by atoms with Crippen molar-refractivity contribution in [3.05, 3.63) is 77.9 Å². The molecule has 4 rings (SSSR count). The van der Waals surface area contributed by atoms with E-state index in [1.807, 2.05) is 24.3 Å². The smallest absolute Gasteiger partial charge is 0.313 e. The lowest BCUT2D eigenvalue weighted by Crippen LogP contribution is -2.36. The van der Waals surface area contributed by atoms with Crippen LogP contribution in [-0.2, 0) is 16.0 Å². The molecule has 1 heterocycles. The molecule has 0 aliphatic carbocycles. The van der Waals surface area contributed by atoms with Crippen LogP contribution in [0.4, 0.5) is 5.69 Å². The Bertz CT molecular complexity index is 1230. The lowest BCUT2D eigenvalue weighted by Gasteiger charge is -2.07. The average molecular weight is 432 g/mol. The number of aryl methyl sites for hydroxylation is 1. The molecule has 0 fully saturated rings. The Hall–Kier alpha value is -3.71. The molecule has 0 radical (unpaired) electrons. The van der Waals surface area contributed by atoms with Crippen LogP contribution < -0.4 is 10.6 Å². The number of nitrogens with one attached hydrogen (secondary N) is 2. The quantitative estimate of drug-likeness (QED) is 0.412. The molecule has 31 heavy (non-hydrogen) atoms. The molecular weight excluding hydrogens is 410 g/mol. The summed E-state index contributed by atoms with van der Waals surface area (Å²) in [6.45, 7) is 2.38. The van der Waals surface area contributed by atoms with E-state index in [9.17, 15) is 14.7 Å². The number of hydrogen-bond acceptors (Lipinski definition) is 5. The maximum Gasteiger partial charge on any atom is 0.313 e. The predicted molar refractivity (Wildman–Crippen MR) is 123 cm³/mol. The zero-order valence-electron chi connectivity index (χ0n) is 16.9. The van der Waals surface area contributed by atoms with Crippen LogP contribution in [0.25, 0.3) is 20.8 Å².